The van der Waals surface area contributed by atoms with Gasteiger partial charge in [-0.1, -0.05) is 61.8 Å². The van der Waals surface area contributed by atoms with Crippen LogP contribution >= 0.6 is 0 Å². The van der Waals surface area contributed by atoms with Crippen molar-refractivity contribution in [3.05, 3.63) is 0 Å². The van der Waals surface area contributed by atoms with Crippen LogP contribution in [0.15, 0.2) is 0 Å². The Morgan fingerprint density at radius 3 is 0.644 bits per heavy atom. The molecule has 0 aromatic heterocycles. The minimum Gasteiger partial charge on any atom is -0.379 e. The average molecular weight is 645 g/mol. The van der Waals surface area contributed by atoms with E-state index in [1.54, 1.807) is 0 Å². The minimum absolute atomic E-state index is 0.323. The van der Waals surface area contributed by atoms with Crippen molar-refractivity contribution < 1.29 is 4.74 Å². The maximum atomic E-state index is 5.25. The standard InChI is InChI=1S/C9H19N.C8H17NO.C8H17N.C7H15N.4C2H6/c1-9(2,3)10-7-5-4-6-8-10;1-8(2,3)9-4-6-10-7-5-9;1-8(2,3)9-6-4-5-7-9;1-7(2,3)8-5-4-6-8;4*1-2/h4-8H2,1-3H3;4-7H2,1-3H3;4-7H2,1-3H3;4-6H2,1-3H3;4*1-2H3. The molecule has 5 heteroatoms. The van der Waals surface area contributed by atoms with Crippen LogP contribution in [0.4, 0.5) is 0 Å². The topological polar surface area (TPSA) is 22.2 Å². The highest BCUT2D eigenvalue weighted by Gasteiger charge is 2.26. The number of ether oxygens (including phenoxy) is 1. The molecule has 0 radical (unpaired) electrons. The van der Waals surface area contributed by atoms with Crippen molar-refractivity contribution in [2.75, 3.05) is 65.6 Å². The molecule has 0 unspecified atom stereocenters. The summed E-state index contributed by atoms with van der Waals surface area (Å²) < 4.78 is 5.25. The van der Waals surface area contributed by atoms with Gasteiger partial charge in [-0.2, -0.15) is 0 Å². The summed E-state index contributed by atoms with van der Waals surface area (Å²) in [6.45, 7) is 55.2. The monoisotopic (exact) mass is 645 g/mol. The van der Waals surface area contributed by atoms with Crippen molar-refractivity contribution in [1.82, 2.24) is 19.6 Å². The summed E-state index contributed by atoms with van der Waals surface area (Å²) in [6.07, 6.45) is 8.44. The van der Waals surface area contributed by atoms with E-state index in [4.69, 9.17) is 4.74 Å². The lowest BCUT2D eigenvalue weighted by Crippen LogP contribution is -2.49. The van der Waals surface area contributed by atoms with Gasteiger partial charge in [0.1, 0.15) is 0 Å². The molecular weight excluding hydrogens is 552 g/mol. The Hall–Kier alpha value is -0.200. The van der Waals surface area contributed by atoms with Gasteiger partial charge in [-0.15, -0.1) is 0 Å². The Morgan fingerprint density at radius 2 is 0.489 bits per heavy atom. The van der Waals surface area contributed by atoms with E-state index in [0.717, 1.165) is 26.3 Å². The average Bonchev–Trinajstić information content (AvgIpc) is 3.53. The minimum atomic E-state index is 0.323. The summed E-state index contributed by atoms with van der Waals surface area (Å²) >= 11 is 0. The van der Waals surface area contributed by atoms with Gasteiger partial charge in [-0.25, -0.2) is 0 Å². The molecule has 4 rings (SSSR count). The molecule has 0 amide bonds. The van der Waals surface area contributed by atoms with E-state index >= 15 is 0 Å². The first-order valence-corrected chi connectivity index (χ1v) is 19.5. The summed E-state index contributed by atoms with van der Waals surface area (Å²) in [6, 6.07) is 0. The van der Waals surface area contributed by atoms with E-state index in [1.165, 1.54) is 77.8 Å². The maximum Gasteiger partial charge on any atom is 0.0594 e. The number of likely N-dealkylation sites (tertiary alicyclic amines) is 3. The summed E-state index contributed by atoms with van der Waals surface area (Å²) in [4.78, 5) is 10.1. The molecule has 4 aliphatic rings. The fourth-order valence-electron chi connectivity index (χ4n) is 5.17. The largest absolute Gasteiger partial charge is 0.379 e. The number of morpholine rings is 1. The lowest BCUT2D eigenvalue weighted by molar-refractivity contribution is -0.00389. The van der Waals surface area contributed by atoms with Crippen LogP contribution in [0.5, 0.6) is 0 Å². The molecule has 0 spiro atoms. The number of hydrogen-bond donors (Lipinski definition) is 0. The smallest absolute Gasteiger partial charge is 0.0594 e. The van der Waals surface area contributed by atoms with Crippen LogP contribution in [-0.4, -0.2) is 107 Å². The molecule has 0 bridgehead atoms. The van der Waals surface area contributed by atoms with Crippen molar-refractivity contribution in [2.45, 2.75) is 199 Å². The van der Waals surface area contributed by atoms with Gasteiger partial charge in [0.25, 0.3) is 0 Å². The van der Waals surface area contributed by atoms with Gasteiger partial charge in [-0.05, 0) is 154 Å². The molecule has 0 aromatic carbocycles. The van der Waals surface area contributed by atoms with Crippen molar-refractivity contribution in [3.63, 3.8) is 0 Å². The Balaban J connectivity index is -0.000000232. The van der Waals surface area contributed by atoms with Crippen LogP contribution in [-0.2, 0) is 4.74 Å². The first-order chi connectivity index (χ1) is 20.9. The Bertz CT molecular complexity index is 545. The third-order valence-corrected chi connectivity index (χ3v) is 8.12. The number of hydrogen-bond acceptors (Lipinski definition) is 5. The molecule has 0 aliphatic carbocycles. The molecule has 4 fully saturated rings. The first-order valence-electron chi connectivity index (χ1n) is 19.5. The van der Waals surface area contributed by atoms with E-state index < -0.39 is 0 Å². The zero-order chi connectivity index (χ0) is 36.3. The summed E-state index contributed by atoms with van der Waals surface area (Å²) in [7, 11) is 0. The molecule has 45 heavy (non-hydrogen) atoms. The van der Waals surface area contributed by atoms with Crippen LogP contribution in [0, 0.1) is 0 Å². The van der Waals surface area contributed by atoms with Crippen LogP contribution in [0.2, 0.25) is 0 Å². The normalized spacial score (nSPS) is 19.5. The molecule has 0 N–H and O–H groups in total. The van der Waals surface area contributed by atoms with Crippen molar-refractivity contribution in [3.8, 4) is 0 Å². The quantitative estimate of drug-likeness (QED) is 0.261. The number of piperidine rings is 1. The zero-order valence-corrected chi connectivity index (χ0v) is 35.5. The number of nitrogens with zero attached hydrogens (tertiary/aromatic N) is 4. The van der Waals surface area contributed by atoms with E-state index in [9.17, 15) is 0 Å². The van der Waals surface area contributed by atoms with Crippen LogP contribution in [0.25, 0.3) is 0 Å². The maximum absolute atomic E-state index is 5.25. The molecule has 5 nitrogen and oxygen atoms in total. The second-order valence-corrected chi connectivity index (χ2v) is 15.4. The molecular formula is C40H92N4O. The predicted octanol–water partition coefficient (Wildman–Crippen LogP) is 10.9. The fraction of sp³-hybridized carbons (Fsp3) is 1.00. The van der Waals surface area contributed by atoms with Gasteiger partial charge in [0.2, 0.25) is 0 Å². The Labute approximate surface area is 288 Å². The highest BCUT2D eigenvalue weighted by atomic mass is 16.5. The van der Waals surface area contributed by atoms with Gasteiger partial charge < -0.3 is 4.74 Å². The van der Waals surface area contributed by atoms with Gasteiger partial charge in [0.05, 0.1) is 13.2 Å². The summed E-state index contributed by atoms with van der Waals surface area (Å²) in [5.41, 5.74) is 1.57. The summed E-state index contributed by atoms with van der Waals surface area (Å²) in [5.74, 6) is 0. The zero-order valence-electron chi connectivity index (χ0n) is 35.5. The molecule has 0 aromatic rings. The third kappa shape index (κ3) is 27.5. The van der Waals surface area contributed by atoms with Gasteiger partial charge >= 0.3 is 0 Å². The van der Waals surface area contributed by atoms with E-state index in [1.807, 2.05) is 55.4 Å². The van der Waals surface area contributed by atoms with Gasteiger partial charge in [0.15, 0.2) is 0 Å². The number of rotatable bonds is 0. The van der Waals surface area contributed by atoms with E-state index in [0.29, 0.717) is 22.2 Å². The molecule has 278 valence electrons. The van der Waals surface area contributed by atoms with Gasteiger partial charge in [0, 0.05) is 35.2 Å². The second-order valence-electron chi connectivity index (χ2n) is 15.4. The van der Waals surface area contributed by atoms with Crippen molar-refractivity contribution >= 4 is 0 Å². The van der Waals surface area contributed by atoms with Crippen LogP contribution in [0.3, 0.4) is 0 Å². The van der Waals surface area contributed by atoms with Crippen molar-refractivity contribution in [2.24, 2.45) is 0 Å². The first kappa shape index (κ1) is 51.6. The van der Waals surface area contributed by atoms with Crippen LogP contribution in [0.1, 0.15) is 177 Å². The van der Waals surface area contributed by atoms with Crippen molar-refractivity contribution in [1.29, 1.82) is 0 Å². The molecule has 0 atom stereocenters. The molecule has 0 saturated carbocycles. The lowest BCUT2D eigenvalue weighted by Gasteiger charge is -2.42. The van der Waals surface area contributed by atoms with E-state index in [2.05, 4.69) is 103 Å². The lowest BCUT2D eigenvalue weighted by atomic mass is 10.0. The molecule has 4 heterocycles. The highest BCUT2D eigenvalue weighted by Crippen LogP contribution is 2.21. The Morgan fingerprint density at radius 1 is 0.289 bits per heavy atom. The fourth-order valence-corrected chi connectivity index (χ4v) is 5.17. The van der Waals surface area contributed by atoms with Crippen LogP contribution < -0.4 is 0 Å². The third-order valence-electron chi connectivity index (χ3n) is 8.12. The molecule has 4 aliphatic heterocycles. The Kier molecular flexibility index (Phi) is 33.0. The molecule has 4 saturated heterocycles. The highest BCUT2D eigenvalue weighted by molar-refractivity contribution is 4.82. The predicted molar refractivity (Wildman–Crippen MR) is 209 cm³/mol. The van der Waals surface area contributed by atoms with E-state index in [-0.39, 0.29) is 0 Å². The summed E-state index contributed by atoms with van der Waals surface area (Å²) in [5, 5.41) is 0. The van der Waals surface area contributed by atoms with Gasteiger partial charge in [-0.3, -0.25) is 19.6 Å². The second kappa shape index (κ2) is 28.8. The SMILES string of the molecule is CC.CC.CC.CC.CC(C)(C)N1CCC1.CC(C)(C)N1CCCC1.CC(C)(C)N1CCCCC1.CC(C)(C)N1CCOCC1.